The van der Waals surface area contributed by atoms with E-state index >= 15 is 0 Å². The molecule has 1 fully saturated rings. The highest BCUT2D eigenvalue weighted by Gasteiger charge is 2.43. The number of carboxylic acids is 4. The number of unbranched alkanes of at least 4 members (excludes halogenated alkanes) is 3. The number of nitrogens with zero attached hydrogens (tertiary/aromatic N) is 1. The zero-order chi connectivity index (χ0) is 97.6. The Kier molecular flexibility index (Phi) is 49.6. The van der Waals surface area contributed by atoms with Gasteiger partial charge in [-0.15, -0.1) is 0 Å². The van der Waals surface area contributed by atoms with Crippen molar-refractivity contribution in [1.29, 1.82) is 5.41 Å². The fraction of sp³-hybridized carbons (Fsp3) is 0.614. The molecule has 2 aromatic carbocycles. The summed E-state index contributed by atoms with van der Waals surface area (Å²) in [6.07, 6.45) is -4.56. The number of carbonyl (C=O) groups is 19. The Morgan fingerprint density at radius 3 is 1.27 bits per heavy atom. The van der Waals surface area contributed by atoms with Crippen molar-refractivity contribution >= 4 is 118 Å². The molecule has 0 aliphatic carbocycles. The fourth-order valence-electron chi connectivity index (χ4n) is 13.7. The van der Waals surface area contributed by atoms with Gasteiger partial charge in [-0.3, -0.25) is 91.7 Å². The van der Waals surface area contributed by atoms with Crippen molar-refractivity contribution in [3.63, 3.8) is 0 Å². The molecule has 15 amide bonds. The largest absolute Gasteiger partial charge is 0.508 e. The van der Waals surface area contributed by atoms with Gasteiger partial charge in [-0.25, -0.2) is 4.79 Å². The summed E-state index contributed by atoms with van der Waals surface area (Å²) in [4.78, 5) is 262. The summed E-state index contributed by atoms with van der Waals surface area (Å²) in [6.45, 7) is 8.44. The molecular weight excluding hydrogens is 1710 g/mol. The van der Waals surface area contributed by atoms with Crippen LogP contribution in [0.15, 0.2) is 54.6 Å². The Morgan fingerprint density at radius 2 is 0.815 bits per heavy atom. The van der Waals surface area contributed by atoms with Gasteiger partial charge in [0.15, 0.2) is 5.96 Å². The van der Waals surface area contributed by atoms with E-state index in [9.17, 15) is 122 Å². The van der Waals surface area contributed by atoms with Crippen LogP contribution in [0.25, 0.3) is 0 Å². The Bertz CT molecular complexity index is 4160. The number of nitrogens with one attached hydrogen (secondary N) is 15. The number of carbonyl (C=O) groups excluding carboxylic acids is 15. The second kappa shape index (κ2) is 57.9. The highest BCUT2D eigenvalue weighted by Crippen LogP contribution is 2.22. The van der Waals surface area contributed by atoms with Crippen LogP contribution in [0.4, 0.5) is 0 Å². The van der Waals surface area contributed by atoms with Gasteiger partial charge in [-0.1, -0.05) is 84.0 Å². The van der Waals surface area contributed by atoms with Crippen LogP contribution in [0.5, 0.6) is 5.75 Å². The Labute approximate surface area is 751 Å². The third-order valence-electron chi connectivity index (χ3n) is 20.8. The number of aliphatic hydroxyl groups excluding tert-OH is 1. The number of aliphatic hydroxyl groups is 1. The van der Waals surface area contributed by atoms with Gasteiger partial charge in [0.1, 0.15) is 90.3 Å². The monoisotopic (exact) mass is 1840 g/mol. The first-order valence-electron chi connectivity index (χ1n) is 43.1. The van der Waals surface area contributed by atoms with Crippen molar-refractivity contribution in [1.82, 2.24) is 79.3 Å². The van der Waals surface area contributed by atoms with Crippen molar-refractivity contribution in [2.75, 3.05) is 39.3 Å². The van der Waals surface area contributed by atoms with Gasteiger partial charge < -0.3 is 144 Å². The number of phenolic OH excluding ortho intramolecular Hbond substituents is 1. The molecule has 33 N–H and O–H groups in total. The molecule has 0 spiro atoms. The average Bonchev–Trinajstić information content (AvgIpc) is 1.65. The van der Waals surface area contributed by atoms with E-state index in [0.29, 0.717) is 12.0 Å². The molecule has 3 rings (SSSR count). The topological polar surface area (TPSA) is 797 Å². The number of primary amides is 1. The molecule has 724 valence electrons. The van der Waals surface area contributed by atoms with Crippen molar-refractivity contribution in [2.24, 2.45) is 52.2 Å². The number of nitrogens with two attached hydrogens (primary N) is 6. The molecule has 1 heterocycles. The summed E-state index contributed by atoms with van der Waals surface area (Å²) in [6, 6.07) is -11.4. The number of aliphatic carboxylic acids is 4. The molecule has 2 aromatic rings. The van der Waals surface area contributed by atoms with Crippen LogP contribution in [-0.4, -0.2) is 284 Å². The third kappa shape index (κ3) is 40.7. The van der Waals surface area contributed by atoms with Gasteiger partial charge in [-0.05, 0) is 157 Å². The fourth-order valence-corrected chi connectivity index (χ4v) is 13.7. The summed E-state index contributed by atoms with van der Waals surface area (Å²) in [5.41, 5.74) is 35.1. The molecule has 0 saturated carbocycles. The molecule has 0 bridgehead atoms. The predicted molar refractivity (Wildman–Crippen MR) is 467 cm³/mol. The minimum atomic E-state index is -2.03. The SMILES string of the molecule is CC(C)C[C@H](NC(=O)[C@H](CCCCN)NC(=O)[C@H](CO)NC(=O)[C@H](Cc1ccc(O)cc1)NC(=O)[C@H](CC(=O)O)NC(=O)[C@@H](NC(=O)[C@H](CC(N)=O)NC(=O)[C@@H](N)C(C)C)C(C)C)C(=O)N[C@@H](CCCCN)C(=O)N[C@@H](CCCCN)C(=O)N[C@@H](CCC(=O)O)C(=O)N[C@@H](CCCNC(=N)N)C(=O)N1CCC[C@H]1C(=O)N[C@@H](CC(=O)O)C(=O)N[C@@H](Cc1ccccc1)C(=O)O. The van der Waals surface area contributed by atoms with Gasteiger partial charge >= 0.3 is 23.9 Å². The van der Waals surface area contributed by atoms with Gasteiger partial charge in [0, 0.05) is 32.4 Å². The summed E-state index contributed by atoms with van der Waals surface area (Å²) in [5.74, 6) is -24.6. The lowest BCUT2D eigenvalue weighted by Gasteiger charge is -2.31. The molecule has 47 heteroatoms. The van der Waals surface area contributed by atoms with Crippen LogP contribution in [-0.2, 0) is 104 Å². The molecular formula is C83H132N22O25. The first-order chi connectivity index (χ1) is 61.3. The zero-order valence-electron chi connectivity index (χ0n) is 74.0. The first kappa shape index (κ1) is 111. The number of benzene rings is 2. The molecule has 1 saturated heterocycles. The number of likely N-dealkylation sites (tertiary alicyclic amines) is 1. The number of phenols is 1. The van der Waals surface area contributed by atoms with E-state index < -0.39 is 272 Å². The molecule has 47 nitrogen and oxygen atoms in total. The van der Waals surface area contributed by atoms with E-state index in [4.69, 9.17) is 39.8 Å². The Morgan fingerprint density at radius 1 is 0.423 bits per heavy atom. The van der Waals surface area contributed by atoms with E-state index in [-0.39, 0.29) is 134 Å². The summed E-state index contributed by atoms with van der Waals surface area (Å²) in [7, 11) is 0. The quantitative estimate of drug-likeness (QED) is 0.0166. The molecule has 0 aromatic heterocycles. The van der Waals surface area contributed by atoms with E-state index in [1.165, 1.54) is 38.1 Å². The number of guanidine groups is 1. The van der Waals surface area contributed by atoms with Gasteiger partial charge in [-0.2, -0.15) is 0 Å². The smallest absolute Gasteiger partial charge is 0.326 e. The molecule has 0 unspecified atom stereocenters. The Hall–Kier alpha value is -12.8. The standard InChI is InChI=1S/C83H132N22O25/c1-43(2)36-54(97-70(117)51(22-12-15-33-86)94-77(124)60(42-106)103-73(120)55(37-47-25-27-48(107)28-26-47)98-74(121)58(41-65(113)114)101-80(127)67(45(5)6)104-76(123)56(39-62(87)108)100-79(126)66(88)44(3)4)72(119)93-50(21-11-14-32-85)68(115)92-49(20-10-13-31-84)69(116)95-52(29-30-63(109)110)71(118)96-53(23-16-34-91-83(89)90)81(128)105-35-17-24-61(105)78(125)99-57(40-64(111)112)75(122)102-59(82(129)130)38-46-18-8-7-9-19-46/h7-9,18-19,25-28,43-45,49-61,66-67,106-107H,10-17,20-24,29-42,84-86,88H2,1-6H3,(H2,87,108)(H,92,115)(H,93,119)(H,94,124)(H,95,116)(H,96,118)(H,97,117)(H,98,121)(H,99,125)(H,100,126)(H,101,127)(H,102,122)(H,103,120)(H,104,123)(H,109,110)(H,111,112)(H,113,114)(H,129,130)(H4,89,90,91)/t49-,50-,51-,52-,53-,54-,55-,56-,57-,58-,59-,60-,61-,66-,67-/m0/s1. The second-order valence-electron chi connectivity index (χ2n) is 32.8. The van der Waals surface area contributed by atoms with Crippen LogP contribution >= 0.6 is 0 Å². The lowest BCUT2D eigenvalue weighted by Crippen LogP contribution is -2.62. The number of amides is 15. The van der Waals surface area contributed by atoms with Gasteiger partial charge in [0.05, 0.1) is 31.9 Å². The summed E-state index contributed by atoms with van der Waals surface area (Å²) >= 11 is 0. The predicted octanol–water partition coefficient (Wildman–Crippen LogP) is -6.43. The molecule has 130 heavy (non-hydrogen) atoms. The number of aromatic hydroxyl groups is 1. The first-order valence-corrected chi connectivity index (χ1v) is 43.1. The van der Waals surface area contributed by atoms with Gasteiger partial charge in [0.2, 0.25) is 88.6 Å². The maximum atomic E-state index is 14.8. The summed E-state index contributed by atoms with van der Waals surface area (Å²) < 4.78 is 0. The maximum absolute atomic E-state index is 14.8. The number of hydrogen-bond donors (Lipinski definition) is 27. The molecule has 1 aliphatic rings. The molecule has 1 aliphatic heterocycles. The second-order valence-corrected chi connectivity index (χ2v) is 32.8. The molecule has 15 atom stereocenters. The van der Waals surface area contributed by atoms with Crippen LogP contribution in [0, 0.1) is 23.2 Å². The highest BCUT2D eigenvalue weighted by atomic mass is 16.4. The number of hydrogen-bond acceptors (Lipinski definition) is 26. The average molecular weight is 1840 g/mol. The lowest BCUT2D eigenvalue weighted by atomic mass is 10.00. The third-order valence-corrected chi connectivity index (χ3v) is 20.8. The Balaban J connectivity index is 1.99. The van der Waals surface area contributed by atoms with Crippen molar-refractivity contribution in [3.8, 4) is 5.75 Å². The van der Waals surface area contributed by atoms with E-state index in [2.05, 4.69) is 74.4 Å². The lowest BCUT2D eigenvalue weighted by molar-refractivity contribution is -0.145. The van der Waals surface area contributed by atoms with Crippen molar-refractivity contribution in [3.05, 3.63) is 65.7 Å². The number of rotatable bonds is 62. The van der Waals surface area contributed by atoms with Gasteiger partial charge in [0.25, 0.3) is 0 Å². The van der Waals surface area contributed by atoms with Crippen molar-refractivity contribution in [2.45, 2.75) is 267 Å². The minimum Gasteiger partial charge on any atom is -0.508 e. The van der Waals surface area contributed by atoms with Crippen LogP contribution in [0.3, 0.4) is 0 Å². The zero-order valence-corrected chi connectivity index (χ0v) is 74.0. The van der Waals surface area contributed by atoms with Crippen LogP contribution in [0.1, 0.15) is 175 Å². The van der Waals surface area contributed by atoms with E-state index in [1.807, 2.05) is 0 Å². The minimum absolute atomic E-state index is 0.00851. The normalized spacial score (nSPS) is 15.6. The number of carboxylic acid groups (broad SMARTS) is 4. The summed E-state index contributed by atoms with van der Waals surface area (Å²) in [5, 5.41) is 103. The van der Waals surface area contributed by atoms with E-state index in [1.54, 1.807) is 58.0 Å². The van der Waals surface area contributed by atoms with Crippen molar-refractivity contribution < 1.29 is 122 Å². The van der Waals surface area contributed by atoms with Crippen LogP contribution in [0.2, 0.25) is 0 Å². The highest BCUT2D eigenvalue weighted by molar-refractivity contribution is 6.02. The molecule has 0 radical (unpaired) electrons. The van der Waals surface area contributed by atoms with Crippen LogP contribution < -0.4 is 109 Å². The van der Waals surface area contributed by atoms with E-state index in [0.717, 1.165) is 4.90 Å². The maximum Gasteiger partial charge on any atom is 0.326 e.